The van der Waals surface area contributed by atoms with Crippen molar-refractivity contribution >= 4 is 23.2 Å². The number of nitrogens with two attached hydrogens (primary N) is 1. The van der Waals surface area contributed by atoms with Crippen LogP contribution in [0.1, 0.15) is 31.2 Å². The number of anilines is 1. The van der Waals surface area contributed by atoms with Gasteiger partial charge in [-0.1, -0.05) is 11.6 Å². The molecule has 0 unspecified atom stereocenters. The van der Waals surface area contributed by atoms with Gasteiger partial charge in [-0.2, -0.15) is 5.26 Å². The molecule has 100 valence electrons. The van der Waals surface area contributed by atoms with Crippen LogP contribution < -0.4 is 11.1 Å². The Labute approximate surface area is 117 Å². The Balaban J connectivity index is 1.96. The molecule has 1 aromatic rings. The number of carbonyl (C=O) groups excluding carboxylic acids is 1. The summed E-state index contributed by atoms with van der Waals surface area (Å²) in [6.07, 6.45) is 3.45. The number of nitrogens with zero attached hydrogens (tertiary/aromatic N) is 1. The number of hydrogen-bond acceptors (Lipinski definition) is 3. The normalized spacial score (nSPS) is 22.5. The lowest BCUT2D eigenvalue weighted by Gasteiger charge is -2.28. The van der Waals surface area contributed by atoms with Gasteiger partial charge in [-0.05, 0) is 43.9 Å². The maximum atomic E-state index is 11.1. The van der Waals surface area contributed by atoms with E-state index in [-0.39, 0.29) is 11.8 Å². The van der Waals surface area contributed by atoms with E-state index in [4.69, 9.17) is 22.6 Å². The van der Waals surface area contributed by atoms with E-state index in [0.717, 1.165) is 31.4 Å². The van der Waals surface area contributed by atoms with Crippen LogP contribution in [0.3, 0.4) is 0 Å². The Kier molecular flexibility index (Phi) is 4.28. The minimum absolute atomic E-state index is 0.00878. The number of amides is 1. The average Bonchev–Trinajstić information content (AvgIpc) is 2.41. The Hall–Kier alpha value is -1.73. The molecule has 0 atom stereocenters. The fourth-order valence-electron chi connectivity index (χ4n) is 2.44. The molecule has 0 aromatic heterocycles. The monoisotopic (exact) mass is 277 g/mol. The fourth-order valence-corrected chi connectivity index (χ4v) is 2.68. The highest BCUT2D eigenvalue weighted by molar-refractivity contribution is 6.33. The zero-order chi connectivity index (χ0) is 13.8. The topological polar surface area (TPSA) is 78.9 Å². The Bertz CT molecular complexity index is 516. The number of nitriles is 1. The van der Waals surface area contributed by atoms with Crippen LogP contribution in [-0.4, -0.2) is 11.9 Å². The highest BCUT2D eigenvalue weighted by atomic mass is 35.5. The third kappa shape index (κ3) is 3.39. The van der Waals surface area contributed by atoms with Crippen molar-refractivity contribution in [2.45, 2.75) is 31.7 Å². The predicted molar refractivity (Wildman–Crippen MR) is 74.7 cm³/mol. The number of carbonyl (C=O) groups is 1. The van der Waals surface area contributed by atoms with Crippen molar-refractivity contribution in [1.82, 2.24) is 0 Å². The molecule has 19 heavy (non-hydrogen) atoms. The summed E-state index contributed by atoms with van der Waals surface area (Å²) in [7, 11) is 0. The molecule has 4 nitrogen and oxygen atoms in total. The molecule has 0 spiro atoms. The second kappa shape index (κ2) is 5.94. The number of nitrogens with one attached hydrogen (secondary N) is 1. The lowest BCUT2D eigenvalue weighted by molar-refractivity contribution is -0.122. The minimum atomic E-state index is -0.199. The predicted octanol–water partition coefficient (Wildman–Crippen LogP) is 2.67. The van der Waals surface area contributed by atoms with Crippen LogP contribution in [0.5, 0.6) is 0 Å². The largest absolute Gasteiger partial charge is 0.381 e. The van der Waals surface area contributed by atoms with Crippen molar-refractivity contribution in [1.29, 1.82) is 5.26 Å². The number of rotatable bonds is 3. The maximum absolute atomic E-state index is 11.1. The number of primary amides is 1. The summed E-state index contributed by atoms with van der Waals surface area (Å²) < 4.78 is 0. The summed E-state index contributed by atoms with van der Waals surface area (Å²) in [5.74, 6) is -0.190. The number of hydrogen-bond donors (Lipinski definition) is 2. The first-order valence-corrected chi connectivity index (χ1v) is 6.73. The third-order valence-electron chi connectivity index (χ3n) is 3.59. The van der Waals surface area contributed by atoms with Crippen LogP contribution in [0.2, 0.25) is 5.02 Å². The molecule has 1 amide bonds. The molecule has 0 radical (unpaired) electrons. The van der Waals surface area contributed by atoms with Crippen molar-refractivity contribution < 1.29 is 4.79 Å². The van der Waals surface area contributed by atoms with Crippen molar-refractivity contribution in [2.75, 3.05) is 5.32 Å². The summed E-state index contributed by atoms with van der Waals surface area (Å²) in [5.41, 5.74) is 6.70. The van der Waals surface area contributed by atoms with Crippen LogP contribution in [0, 0.1) is 17.2 Å². The number of benzene rings is 1. The molecular formula is C14H16ClN3O. The van der Waals surface area contributed by atoms with Gasteiger partial charge in [0.2, 0.25) is 5.91 Å². The van der Waals surface area contributed by atoms with E-state index >= 15 is 0 Å². The molecule has 0 bridgehead atoms. The van der Waals surface area contributed by atoms with Gasteiger partial charge in [0.25, 0.3) is 0 Å². The summed E-state index contributed by atoms with van der Waals surface area (Å²) >= 11 is 6.12. The highest BCUT2D eigenvalue weighted by Crippen LogP contribution is 2.29. The van der Waals surface area contributed by atoms with E-state index in [1.54, 1.807) is 12.1 Å². The van der Waals surface area contributed by atoms with Crippen LogP contribution in [0.15, 0.2) is 18.2 Å². The summed E-state index contributed by atoms with van der Waals surface area (Å²) in [6, 6.07) is 7.57. The van der Waals surface area contributed by atoms with Crippen LogP contribution in [0.25, 0.3) is 0 Å². The van der Waals surface area contributed by atoms with E-state index in [0.29, 0.717) is 16.6 Å². The van der Waals surface area contributed by atoms with Gasteiger partial charge in [0.05, 0.1) is 22.3 Å². The van der Waals surface area contributed by atoms with Crippen LogP contribution >= 0.6 is 11.6 Å². The molecule has 1 fully saturated rings. The smallest absolute Gasteiger partial charge is 0.220 e. The molecule has 2 rings (SSSR count). The molecule has 0 heterocycles. The van der Waals surface area contributed by atoms with Crippen LogP contribution in [-0.2, 0) is 4.79 Å². The molecular weight excluding hydrogens is 262 g/mol. The van der Waals surface area contributed by atoms with Gasteiger partial charge in [-0.3, -0.25) is 4.79 Å². The van der Waals surface area contributed by atoms with Crippen molar-refractivity contribution in [2.24, 2.45) is 11.7 Å². The SMILES string of the molecule is N#Cc1ccc(NC2CCC(C(N)=O)CC2)c(Cl)c1. The Morgan fingerprint density at radius 1 is 1.37 bits per heavy atom. The van der Waals surface area contributed by atoms with E-state index < -0.39 is 0 Å². The highest BCUT2D eigenvalue weighted by Gasteiger charge is 2.24. The van der Waals surface area contributed by atoms with E-state index in [1.165, 1.54) is 0 Å². The summed E-state index contributed by atoms with van der Waals surface area (Å²) in [5, 5.41) is 12.7. The molecule has 0 aliphatic heterocycles. The standard InChI is InChI=1S/C14H16ClN3O/c15-12-7-9(8-16)1-6-13(12)18-11-4-2-10(3-5-11)14(17)19/h1,6-7,10-11,18H,2-5H2,(H2,17,19). The third-order valence-corrected chi connectivity index (χ3v) is 3.90. The Morgan fingerprint density at radius 2 is 2.05 bits per heavy atom. The van der Waals surface area contributed by atoms with Gasteiger partial charge in [0.15, 0.2) is 0 Å². The quantitative estimate of drug-likeness (QED) is 0.891. The van der Waals surface area contributed by atoms with Crippen molar-refractivity contribution in [3.8, 4) is 6.07 Å². The zero-order valence-corrected chi connectivity index (χ0v) is 11.3. The molecule has 5 heteroatoms. The molecule has 1 aliphatic carbocycles. The first kappa shape index (κ1) is 13.7. The second-order valence-corrected chi connectivity index (χ2v) is 5.31. The van der Waals surface area contributed by atoms with Gasteiger partial charge in [0.1, 0.15) is 0 Å². The maximum Gasteiger partial charge on any atom is 0.220 e. The Morgan fingerprint density at radius 3 is 2.58 bits per heavy atom. The second-order valence-electron chi connectivity index (χ2n) is 4.90. The van der Waals surface area contributed by atoms with Crippen LogP contribution in [0.4, 0.5) is 5.69 Å². The summed E-state index contributed by atoms with van der Waals surface area (Å²) in [4.78, 5) is 11.1. The van der Waals surface area contributed by atoms with Gasteiger partial charge in [-0.15, -0.1) is 0 Å². The van der Waals surface area contributed by atoms with Gasteiger partial charge in [-0.25, -0.2) is 0 Å². The lowest BCUT2D eigenvalue weighted by atomic mass is 9.85. The lowest BCUT2D eigenvalue weighted by Crippen LogP contribution is -2.32. The molecule has 1 saturated carbocycles. The zero-order valence-electron chi connectivity index (χ0n) is 10.5. The first-order valence-electron chi connectivity index (χ1n) is 6.35. The van der Waals surface area contributed by atoms with Gasteiger partial charge >= 0.3 is 0 Å². The van der Waals surface area contributed by atoms with E-state index in [1.807, 2.05) is 6.07 Å². The molecule has 0 saturated heterocycles. The first-order chi connectivity index (χ1) is 9.10. The minimum Gasteiger partial charge on any atom is -0.381 e. The molecule has 1 aliphatic rings. The van der Waals surface area contributed by atoms with Crippen molar-refractivity contribution in [3.63, 3.8) is 0 Å². The van der Waals surface area contributed by atoms with E-state index in [9.17, 15) is 4.79 Å². The number of halogens is 1. The van der Waals surface area contributed by atoms with Crippen molar-refractivity contribution in [3.05, 3.63) is 28.8 Å². The molecule has 3 N–H and O–H groups in total. The van der Waals surface area contributed by atoms with Gasteiger partial charge in [0, 0.05) is 12.0 Å². The average molecular weight is 278 g/mol. The fraction of sp³-hybridized carbons (Fsp3) is 0.429. The van der Waals surface area contributed by atoms with E-state index in [2.05, 4.69) is 11.4 Å². The summed E-state index contributed by atoms with van der Waals surface area (Å²) in [6.45, 7) is 0. The van der Waals surface area contributed by atoms with Gasteiger partial charge < -0.3 is 11.1 Å². The molecule has 1 aromatic carbocycles.